The molecule has 28 heavy (non-hydrogen) atoms. The van der Waals surface area contributed by atoms with E-state index in [1.807, 2.05) is 17.5 Å². The first-order valence-corrected chi connectivity index (χ1v) is 10.6. The van der Waals surface area contributed by atoms with Gasteiger partial charge in [-0.15, -0.1) is 11.3 Å². The maximum atomic E-state index is 13.1. The highest BCUT2D eigenvalue weighted by Gasteiger charge is 2.48. The van der Waals surface area contributed by atoms with Crippen LogP contribution in [0.1, 0.15) is 44.4 Å². The van der Waals surface area contributed by atoms with Gasteiger partial charge in [-0.05, 0) is 30.2 Å². The lowest BCUT2D eigenvalue weighted by Crippen LogP contribution is -2.44. The van der Waals surface area contributed by atoms with Gasteiger partial charge in [-0.3, -0.25) is 9.79 Å². The van der Waals surface area contributed by atoms with Gasteiger partial charge in [0.2, 0.25) is 0 Å². The number of ether oxygens (including phenoxy) is 2. The fourth-order valence-electron chi connectivity index (χ4n) is 4.09. The number of hydrogen-bond donors (Lipinski definition) is 1. The van der Waals surface area contributed by atoms with Crippen LogP contribution in [0, 0.1) is 11.3 Å². The first-order valence-electron chi connectivity index (χ1n) is 9.69. The molecule has 1 aromatic rings. The van der Waals surface area contributed by atoms with E-state index in [0.717, 1.165) is 17.0 Å². The number of Topliss-reactive ketones (excluding diaryl/α,β-unsaturated/α-hetero) is 1. The van der Waals surface area contributed by atoms with E-state index in [1.165, 1.54) is 0 Å². The molecule has 0 spiro atoms. The summed E-state index contributed by atoms with van der Waals surface area (Å²) in [6.07, 6.45) is 1.20. The van der Waals surface area contributed by atoms with Gasteiger partial charge < -0.3 is 15.2 Å². The fraction of sp³-hybridized carbons (Fsp3) is 0.571. The molecule has 2 N–H and O–H groups in total. The predicted molar refractivity (Wildman–Crippen MR) is 110 cm³/mol. The third-order valence-corrected chi connectivity index (χ3v) is 6.05. The van der Waals surface area contributed by atoms with Gasteiger partial charge in [0.15, 0.2) is 0 Å². The highest BCUT2D eigenvalue weighted by molar-refractivity contribution is 7.10. The lowest BCUT2D eigenvalue weighted by molar-refractivity contribution is -0.139. The quantitative estimate of drug-likeness (QED) is 0.557. The maximum absolute atomic E-state index is 13.1. The summed E-state index contributed by atoms with van der Waals surface area (Å²) in [5.41, 5.74) is 7.25. The number of fused-ring (bicyclic) bond motifs is 1. The lowest BCUT2D eigenvalue weighted by atomic mass is 9.64. The van der Waals surface area contributed by atoms with Gasteiger partial charge in [0.25, 0.3) is 0 Å². The summed E-state index contributed by atoms with van der Waals surface area (Å²) >= 11 is 1.55. The topological polar surface area (TPSA) is 91.0 Å². The number of aliphatic imine (C=N–C) groups is 1. The number of carbonyl (C=O) groups excluding carboxylic acids is 2. The van der Waals surface area contributed by atoms with Crippen molar-refractivity contribution in [3.05, 3.63) is 33.7 Å². The first kappa shape index (κ1) is 20.9. The molecule has 2 aliphatic rings. The number of rotatable bonds is 7. The third-order valence-electron chi connectivity index (χ3n) is 5.10. The monoisotopic (exact) mass is 404 g/mol. The van der Waals surface area contributed by atoms with E-state index < -0.39 is 11.9 Å². The van der Waals surface area contributed by atoms with Crippen LogP contribution in [0.5, 0.6) is 0 Å². The average molecular weight is 405 g/mol. The Kier molecular flexibility index (Phi) is 6.47. The van der Waals surface area contributed by atoms with Crippen LogP contribution in [0.15, 0.2) is 33.8 Å². The zero-order valence-corrected chi connectivity index (χ0v) is 17.5. The Balaban J connectivity index is 2.13. The van der Waals surface area contributed by atoms with Gasteiger partial charge in [0, 0.05) is 29.5 Å². The minimum Gasteiger partial charge on any atom is -0.463 e. The molecule has 3 rings (SSSR count). The van der Waals surface area contributed by atoms with Gasteiger partial charge in [-0.25, -0.2) is 4.79 Å². The minimum absolute atomic E-state index is 0.136. The van der Waals surface area contributed by atoms with Gasteiger partial charge in [0.1, 0.15) is 5.78 Å². The second kappa shape index (κ2) is 8.68. The Morgan fingerprint density at radius 1 is 1.36 bits per heavy atom. The Hall–Kier alpha value is -1.83. The van der Waals surface area contributed by atoms with Crippen LogP contribution >= 0.6 is 11.3 Å². The van der Waals surface area contributed by atoms with Crippen LogP contribution in [0.2, 0.25) is 0 Å². The molecule has 0 amide bonds. The summed E-state index contributed by atoms with van der Waals surface area (Å²) in [5, 5.41) is 1.96. The van der Waals surface area contributed by atoms with Crippen LogP contribution in [0.3, 0.4) is 0 Å². The SMILES string of the molecule is CCOC(=O)C1=C(COCCN)N=C2CC(C)(C)CC(=O)C2C1c1cccs1. The number of hydrogen-bond acceptors (Lipinski definition) is 7. The van der Waals surface area contributed by atoms with Gasteiger partial charge in [-0.2, -0.15) is 0 Å². The van der Waals surface area contributed by atoms with Crippen molar-refractivity contribution >= 4 is 28.8 Å². The molecule has 0 aromatic carbocycles. The molecule has 1 saturated carbocycles. The van der Waals surface area contributed by atoms with E-state index in [4.69, 9.17) is 20.2 Å². The zero-order chi connectivity index (χ0) is 20.3. The summed E-state index contributed by atoms with van der Waals surface area (Å²) in [7, 11) is 0. The number of esters is 1. The highest BCUT2D eigenvalue weighted by Crippen LogP contribution is 2.48. The van der Waals surface area contributed by atoms with Gasteiger partial charge >= 0.3 is 5.97 Å². The van der Waals surface area contributed by atoms with Crippen LogP contribution in [-0.4, -0.2) is 43.8 Å². The van der Waals surface area contributed by atoms with Crippen molar-refractivity contribution in [3.8, 4) is 0 Å². The molecule has 2 heterocycles. The predicted octanol–water partition coefficient (Wildman–Crippen LogP) is 3.08. The minimum atomic E-state index is -0.423. The molecular formula is C21H28N2O4S. The Morgan fingerprint density at radius 2 is 2.14 bits per heavy atom. The number of nitrogens with two attached hydrogens (primary N) is 1. The Bertz CT molecular complexity index is 795. The normalized spacial score (nSPS) is 24.0. The van der Waals surface area contributed by atoms with Gasteiger partial charge in [-0.1, -0.05) is 19.9 Å². The highest BCUT2D eigenvalue weighted by atomic mass is 32.1. The molecule has 1 aromatic heterocycles. The number of ketones is 1. The molecule has 1 aliphatic heterocycles. The van der Waals surface area contributed by atoms with E-state index in [-0.39, 0.29) is 30.3 Å². The summed E-state index contributed by atoms with van der Waals surface area (Å²) in [6, 6.07) is 3.92. The second-order valence-corrected chi connectivity index (χ2v) is 8.96. The standard InChI is InChI=1S/C21H28N2O4S/c1-4-27-20(25)18-14(12-26-8-7-22)23-13-10-21(2,3)11-15(24)17(13)19(18)16-6-5-9-28-16/h5-6,9,17,19H,4,7-8,10-12,22H2,1-3H3. The van der Waals surface area contributed by atoms with Crippen LogP contribution in [-0.2, 0) is 19.1 Å². The van der Waals surface area contributed by atoms with E-state index in [0.29, 0.717) is 30.8 Å². The summed E-state index contributed by atoms with van der Waals surface area (Å²) in [4.78, 5) is 31.8. The lowest BCUT2D eigenvalue weighted by Gasteiger charge is -2.40. The third kappa shape index (κ3) is 4.26. The second-order valence-electron chi connectivity index (χ2n) is 7.98. The van der Waals surface area contributed by atoms with Crippen molar-refractivity contribution < 1.29 is 19.1 Å². The van der Waals surface area contributed by atoms with Crippen molar-refractivity contribution in [2.24, 2.45) is 22.1 Å². The number of carbonyl (C=O) groups is 2. The van der Waals surface area contributed by atoms with E-state index in [1.54, 1.807) is 18.3 Å². The summed E-state index contributed by atoms with van der Waals surface area (Å²) in [5.74, 6) is -1.07. The maximum Gasteiger partial charge on any atom is 0.336 e. The molecule has 2 unspecified atom stereocenters. The molecule has 0 saturated heterocycles. The fourth-order valence-corrected chi connectivity index (χ4v) is 4.96. The molecule has 0 radical (unpaired) electrons. The molecular weight excluding hydrogens is 376 g/mol. The van der Waals surface area contributed by atoms with Crippen molar-refractivity contribution in [3.63, 3.8) is 0 Å². The number of nitrogens with zero attached hydrogens (tertiary/aromatic N) is 1. The molecule has 1 fully saturated rings. The number of thiophene rings is 1. The molecule has 152 valence electrons. The Labute approximate surface area is 169 Å². The van der Waals surface area contributed by atoms with E-state index >= 15 is 0 Å². The molecule has 2 atom stereocenters. The first-order chi connectivity index (χ1) is 13.4. The van der Waals surface area contributed by atoms with Crippen molar-refractivity contribution in [2.75, 3.05) is 26.4 Å². The smallest absolute Gasteiger partial charge is 0.336 e. The van der Waals surface area contributed by atoms with E-state index in [2.05, 4.69) is 13.8 Å². The summed E-state index contributed by atoms with van der Waals surface area (Å²) in [6.45, 7) is 7.15. The molecule has 0 bridgehead atoms. The summed E-state index contributed by atoms with van der Waals surface area (Å²) < 4.78 is 11.0. The molecule has 1 aliphatic carbocycles. The van der Waals surface area contributed by atoms with Gasteiger partial charge in [0.05, 0.1) is 37.0 Å². The van der Waals surface area contributed by atoms with E-state index in [9.17, 15) is 9.59 Å². The van der Waals surface area contributed by atoms with Crippen LogP contribution in [0.25, 0.3) is 0 Å². The average Bonchev–Trinajstić information content (AvgIpc) is 3.14. The molecule has 7 heteroatoms. The largest absolute Gasteiger partial charge is 0.463 e. The molecule has 6 nitrogen and oxygen atoms in total. The van der Waals surface area contributed by atoms with Crippen molar-refractivity contribution in [2.45, 2.75) is 39.5 Å². The van der Waals surface area contributed by atoms with Crippen LogP contribution in [0.4, 0.5) is 0 Å². The van der Waals surface area contributed by atoms with Crippen LogP contribution < -0.4 is 5.73 Å². The Morgan fingerprint density at radius 3 is 2.79 bits per heavy atom. The zero-order valence-electron chi connectivity index (χ0n) is 16.7. The van der Waals surface area contributed by atoms with Crippen molar-refractivity contribution in [1.82, 2.24) is 0 Å². The van der Waals surface area contributed by atoms with Crippen molar-refractivity contribution in [1.29, 1.82) is 0 Å².